The van der Waals surface area contributed by atoms with Crippen LogP contribution in [0.2, 0.25) is 0 Å². The second-order valence-electron chi connectivity index (χ2n) is 8.32. The number of nitrogens with one attached hydrogen (secondary N) is 1. The van der Waals surface area contributed by atoms with Gasteiger partial charge in [0.2, 0.25) is 11.8 Å². The van der Waals surface area contributed by atoms with E-state index in [-0.39, 0.29) is 47.8 Å². The Kier molecular flexibility index (Phi) is 5.27. The first-order chi connectivity index (χ1) is 13.6. The number of likely N-dealkylation sites (tertiary alicyclic amines) is 1. The molecule has 3 aliphatic rings. The van der Waals surface area contributed by atoms with Gasteiger partial charge >= 0.3 is 0 Å². The summed E-state index contributed by atoms with van der Waals surface area (Å²) in [5.41, 5.74) is 0.692. The van der Waals surface area contributed by atoms with Crippen LogP contribution in [0.15, 0.2) is 23.0 Å². The minimum absolute atomic E-state index is 0.00449. The number of fused-ring (bicyclic) bond motifs is 3. The van der Waals surface area contributed by atoms with Crippen LogP contribution < -0.4 is 10.9 Å². The Morgan fingerprint density at radius 1 is 1.25 bits per heavy atom. The molecule has 1 aromatic rings. The molecule has 152 valence electrons. The number of carbonyl (C=O) groups excluding carboxylic acids is 2. The highest BCUT2D eigenvalue weighted by atomic mass is 16.3. The van der Waals surface area contributed by atoms with Crippen LogP contribution >= 0.6 is 0 Å². The molecule has 2 aliphatic heterocycles. The number of aromatic nitrogens is 1. The number of nitrogens with zero attached hydrogens (tertiary/aromatic N) is 2. The van der Waals surface area contributed by atoms with Gasteiger partial charge in [-0.1, -0.05) is 25.8 Å². The van der Waals surface area contributed by atoms with Crippen molar-refractivity contribution < 1.29 is 14.7 Å². The SMILES string of the molecule is CCCNC(=O)[C@H]1[C@H](CO)[C@H]2Cn3c(cccc3=O)[C@H]2N1C(=O)C1CCCC1. The first-order valence-corrected chi connectivity index (χ1v) is 10.5. The molecule has 0 spiro atoms. The molecule has 1 aromatic heterocycles. The van der Waals surface area contributed by atoms with Gasteiger partial charge < -0.3 is 19.9 Å². The summed E-state index contributed by atoms with van der Waals surface area (Å²) in [7, 11) is 0. The highest BCUT2D eigenvalue weighted by Crippen LogP contribution is 2.50. The summed E-state index contributed by atoms with van der Waals surface area (Å²) in [5.74, 6) is -0.741. The highest BCUT2D eigenvalue weighted by Gasteiger charge is 2.57. The number of aliphatic hydroxyl groups excluding tert-OH is 1. The van der Waals surface area contributed by atoms with Crippen LogP contribution in [-0.2, 0) is 16.1 Å². The zero-order valence-corrected chi connectivity index (χ0v) is 16.3. The second-order valence-corrected chi connectivity index (χ2v) is 8.32. The van der Waals surface area contributed by atoms with Crippen molar-refractivity contribution in [3.63, 3.8) is 0 Å². The Hall–Kier alpha value is -2.15. The van der Waals surface area contributed by atoms with Gasteiger partial charge in [0, 0.05) is 49.2 Å². The highest BCUT2D eigenvalue weighted by molar-refractivity contribution is 5.90. The van der Waals surface area contributed by atoms with E-state index >= 15 is 0 Å². The van der Waals surface area contributed by atoms with Crippen molar-refractivity contribution in [3.05, 3.63) is 34.2 Å². The Morgan fingerprint density at radius 2 is 2.00 bits per heavy atom. The number of carbonyl (C=O) groups is 2. The van der Waals surface area contributed by atoms with Gasteiger partial charge in [0.25, 0.3) is 5.56 Å². The molecular formula is C21H29N3O4. The van der Waals surface area contributed by atoms with Crippen molar-refractivity contribution in [1.82, 2.24) is 14.8 Å². The lowest BCUT2D eigenvalue weighted by Gasteiger charge is -2.32. The van der Waals surface area contributed by atoms with E-state index in [9.17, 15) is 19.5 Å². The van der Waals surface area contributed by atoms with Gasteiger partial charge in [-0.05, 0) is 25.3 Å². The van der Waals surface area contributed by atoms with Crippen molar-refractivity contribution in [2.75, 3.05) is 13.2 Å². The predicted octanol–water partition coefficient (Wildman–Crippen LogP) is 1.05. The van der Waals surface area contributed by atoms with E-state index in [0.717, 1.165) is 37.8 Å². The normalized spacial score (nSPS) is 29.0. The summed E-state index contributed by atoms with van der Waals surface area (Å²) in [5, 5.41) is 13.1. The summed E-state index contributed by atoms with van der Waals surface area (Å²) in [6, 6.07) is 4.11. The number of aliphatic hydroxyl groups is 1. The van der Waals surface area contributed by atoms with Crippen molar-refractivity contribution >= 4 is 11.8 Å². The van der Waals surface area contributed by atoms with Crippen LogP contribution in [0.25, 0.3) is 0 Å². The topological polar surface area (TPSA) is 91.6 Å². The van der Waals surface area contributed by atoms with Gasteiger partial charge in [-0.25, -0.2) is 0 Å². The third-order valence-electron chi connectivity index (χ3n) is 6.73. The Balaban J connectivity index is 1.76. The summed E-state index contributed by atoms with van der Waals surface area (Å²) in [6.07, 6.45) is 4.57. The number of amides is 2. The van der Waals surface area contributed by atoms with Crippen molar-refractivity contribution in [1.29, 1.82) is 0 Å². The van der Waals surface area contributed by atoms with Crippen LogP contribution in [0.1, 0.15) is 50.8 Å². The fourth-order valence-corrected chi connectivity index (χ4v) is 5.42. The van der Waals surface area contributed by atoms with Crippen LogP contribution in [0.3, 0.4) is 0 Å². The minimum Gasteiger partial charge on any atom is -0.396 e. The quantitative estimate of drug-likeness (QED) is 0.790. The van der Waals surface area contributed by atoms with Crippen LogP contribution in [0, 0.1) is 17.8 Å². The fraction of sp³-hybridized carbons (Fsp3) is 0.667. The molecule has 2 amide bonds. The van der Waals surface area contributed by atoms with E-state index < -0.39 is 6.04 Å². The molecular weight excluding hydrogens is 358 g/mol. The standard InChI is InChI=1S/C21H29N3O4/c1-2-10-22-20(27)19-15(12-25)14-11-23-16(8-5-9-17(23)26)18(14)24(19)21(28)13-6-3-4-7-13/h5,8-9,13-15,18-19,25H,2-4,6-7,10-12H2,1H3,(H,22,27)/t14-,15-,18+,19-/m1/s1. The Bertz CT molecular complexity index is 814. The molecule has 0 unspecified atom stereocenters. The van der Waals surface area contributed by atoms with Crippen molar-refractivity contribution in [2.45, 2.75) is 57.7 Å². The van der Waals surface area contributed by atoms with Gasteiger partial charge in [0.15, 0.2) is 0 Å². The van der Waals surface area contributed by atoms with Gasteiger partial charge in [-0.15, -0.1) is 0 Å². The minimum atomic E-state index is -0.677. The van der Waals surface area contributed by atoms with Gasteiger partial charge in [0.05, 0.1) is 6.04 Å². The first-order valence-electron chi connectivity index (χ1n) is 10.5. The molecule has 0 radical (unpaired) electrons. The molecule has 4 rings (SSSR count). The smallest absolute Gasteiger partial charge is 0.250 e. The zero-order valence-electron chi connectivity index (χ0n) is 16.3. The predicted molar refractivity (Wildman–Crippen MR) is 103 cm³/mol. The van der Waals surface area contributed by atoms with Gasteiger partial charge in [-0.2, -0.15) is 0 Å². The molecule has 7 heteroatoms. The average molecular weight is 387 g/mol. The monoisotopic (exact) mass is 387 g/mol. The summed E-state index contributed by atoms with van der Waals surface area (Å²) >= 11 is 0. The summed E-state index contributed by atoms with van der Waals surface area (Å²) < 4.78 is 1.70. The molecule has 0 bridgehead atoms. The molecule has 2 fully saturated rings. The molecule has 2 N–H and O–H groups in total. The lowest BCUT2D eigenvalue weighted by atomic mass is 9.88. The average Bonchev–Trinajstić information content (AvgIpc) is 3.40. The van der Waals surface area contributed by atoms with E-state index in [1.807, 2.05) is 13.0 Å². The lowest BCUT2D eigenvalue weighted by Crippen LogP contribution is -2.51. The lowest BCUT2D eigenvalue weighted by molar-refractivity contribution is -0.144. The van der Waals surface area contributed by atoms with Gasteiger partial charge in [0.1, 0.15) is 6.04 Å². The van der Waals surface area contributed by atoms with E-state index in [1.54, 1.807) is 15.5 Å². The van der Waals surface area contributed by atoms with Crippen LogP contribution in [0.5, 0.6) is 0 Å². The summed E-state index contributed by atoms with van der Waals surface area (Å²) in [6.45, 7) is 2.79. The molecule has 1 aliphatic carbocycles. The number of rotatable bonds is 5. The Labute approximate surface area is 164 Å². The molecule has 3 heterocycles. The number of pyridine rings is 1. The molecule has 28 heavy (non-hydrogen) atoms. The molecule has 7 nitrogen and oxygen atoms in total. The third-order valence-corrected chi connectivity index (χ3v) is 6.73. The second kappa shape index (κ2) is 7.70. The molecule has 0 aromatic carbocycles. The van der Waals surface area contributed by atoms with Crippen molar-refractivity contribution in [3.8, 4) is 0 Å². The van der Waals surface area contributed by atoms with E-state index in [0.29, 0.717) is 13.1 Å². The Morgan fingerprint density at radius 3 is 2.68 bits per heavy atom. The van der Waals surface area contributed by atoms with Gasteiger partial charge in [-0.3, -0.25) is 14.4 Å². The maximum atomic E-state index is 13.5. The first kappa shape index (κ1) is 19.2. The maximum Gasteiger partial charge on any atom is 0.250 e. The van der Waals surface area contributed by atoms with E-state index in [1.165, 1.54) is 6.07 Å². The fourth-order valence-electron chi connectivity index (χ4n) is 5.42. The largest absolute Gasteiger partial charge is 0.396 e. The van der Waals surface area contributed by atoms with E-state index in [4.69, 9.17) is 0 Å². The van der Waals surface area contributed by atoms with E-state index in [2.05, 4.69) is 5.32 Å². The van der Waals surface area contributed by atoms with Crippen molar-refractivity contribution in [2.24, 2.45) is 17.8 Å². The maximum absolute atomic E-state index is 13.5. The zero-order chi connectivity index (χ0) is 19.8. The molecule has 1 saturated carbocycles. The molecule has 4 atom stereocenters. The summed E-state index contributed by atoms with van der Waals surface area (Å²) in [4.78, 5) is 40.6. The van der Waals surface area contributed by atoms with Crippen LogP contribution in [0.4, 0.5) is 0 Å². The third kappa shape index (κ3) is 2.96. The van der Waals surface area contributed by atoms with Crippen LogP contribution in [-0.4, -0.2) is 45.6 Å². The number of hydrogen-bond acceptors (Lipinski definition) is 4. The molecule has 1 saturated heterocycles. The number of hydrogen-bond donors (Lipinski definition) is 2.